The minimum Gasteiger partial charge on any atom is -0.492 e. The van der Waals surface area contributed by atoms with Gasteiger partial charge < -0.3 is 15.2 Å². The van der Waals surface area contributed by atoms with E-state index in [4.69, 9.17) is 22.1 Å². The highest BCUT2D eigenvalue weighted by Gasteiger charge is 2.27. The van der Waals surface area contributed by atoms with Crippen LogP contribution in [0.3, 0.4) is 0 Å². The third-order valence-corrected chi connectivity index (χ3v) is 3.36. The van der Waals surface area contributed by atoms with Gasteiger partial charge >= 0.3 is 5.97 Å². The molecule has 0 amide bonds. The van der Waals surface area contributed by atoms with Gasteiger partial charge in [0.25, 0.3) is 6.43 Å². The van der Waals surface area contributed by atoms with Crippen molar-refractivity contribution in [2.45, 2.75) is 6.43 Å². The lowest BCUT2D eigenvalue weighted by Gasteiger charge is -2.13. The van der Waals surface area contributed by atoms with Crippen LogP contribution in [0, 0.1) is 5.82 Å². The minimum absolute atomic E-state index is 0.0101. The van der Waals surface area contributed by atoms with Crippen LogP contribution in [0.4, 0.5) is 19.0 Å². The Morgan fingerprint density at radius 3 is 2.50 bits per heavy atom. The molecular weight excluding hydrogens is 351 g/mol. The van der Waals surface area contributed by atoms with Crippen LogP contribution in [0.1, 0.15) is 22.5 Å². The average molecular weight is 362 g/mol. The maximum atomic E-state index is 14.4. The van der Waals surface area contributed by atoms with Crippen LogP contribution < -0.4 is 10.5 Å². The monoisotopic (exact) mass is 361 g/mol. The zero-order valence-corrected chi connectivity index (χ0v) is 13.2. The highest BCUT2D eigenvalue weighted by Crippen LogP contribution is 2.35. The fourth-order valence-corrected chi connectivity index (χ4v) is 2.19. The molecule has 0 bridgehead atoms. The summed E-state index contributed by atoms with van der Waals surface area (Å²) in [4.78, 5) is 19.0. The highest BCUT2D eigenvalue weighted by molar-refractivity contribution is 6.32. The van der Waals surface area contributed by atoms with Gasteiger partial charge in [-0.15, -0.1) is 0 Å². The summed E-state index contributed by atoms with van der Waals surface area (Å²) in [6, 6.07) is 2.51. The van der Waals surface area contributed by atoms with Gasteiger partial charge in [0.05, 0.1) is 30.4 Å². The number of aromatic nitrogens is 2. The molecule has 10 heteroatoms. The number of methoxy groups -OCH3 is 2. The lowest BCUT2D eigenvalue weighted by molar-refractivity contribution is 0.0581. The normalized spacial score (nSPS) is 10.8. The number of nitrogens with zero attached hydrogens (tertiary/aromatic N) is 2. The van der Waals surface area contributed by atoms with Crippen LogP contribution in [0.5, 0.6) is 5.75 Å². The highest BCUT2D eigenvalue weighted by atomic mass is 35.5. The summed E-state index contributed by atoms with van der Waals surface area (Å²) in [7, 11) is 2.19. The van der Waals surface area contributed by atoms with E-state index in [9.17, 15) is 18.0 Å². The molecule has 0 saturated carbocycles. The summed E-state index contributed by atoms with van der Waals surface area (Å²) < 4.78 is 49.8. The lowest BCUT2D eigenvalue weighted by atomic mass is 10.1. The zero-order valence-electron chi connectivity index (χ0n) is 12.4. The van der Waals surface area contributed by atoms with Gasteiger partial charge in [0.1, 0.15) is 5.82 Å². The quantitative estimate of drug-likeness (QED) is 0.841. The van der Waals surface area contributed by atoms with Crippen molar-refractivity contribution in [2.75, 3.05) is 20.0 Å². The van der Waals surface area contributed by atoms with Crippen molar-refractivity contribution in [2.24, 2.45) is 0 Å². The maximum absolute atomic E-state index is 14.4. The Kier molecular flexibility index (Phi) is 5.13. The van der Waals surface area contributed by atoms with Gasteiger partial charge in [0.2, 0.25) is 0 Å². The molecule has 128 valence electrons. The Hall–Kier alpha value is -2.55. The molecule has 24 heavy (non-hydrogen) atoms. The van der Waals surface area contributed by atoms with Gasteiger partial charge in [0, 0.05) is 0 Å². The number of anilines is 1. The molecule has 2 aromatic rings. The molecule has 0 aliphatic rings. The van der Waals surface area contributed by atoms with Crippen molar-refractivity contribution in [1.82, 2.24) is 9.97 Å². The van der Waals surface area contributed by atoms with Crippen molar-refractivity contribution in [3.8, 4) is 17.1 Å². The van der Waals surface area contributed by atoms with E-state index >= 15 is 0 Å². The van der Waals surface area contributed by atoms with E-state index in [0.29, 0.717) is 0 Å². The van der Waals surface area contributed by atoms with Crippen LogP contribution in [0.15, 0.2) is 12.1 Å². The predicted molar refractivity (Wildman–Crippen MR) is 79.7 cm³/mol. The molecular formula is C14H11ClF3N3O3. The molecule has 0 atom stereocenters. The molecule has 1 heterocycles. The van der Waals surface area contributed by atoms with Gasteiger partial charge in [0.15, 0.2) is 23.1 Å². The van der Waals surface area contributed by atoms with Crippen molar-refractivity contribution in [1.29, 1.82) is 0 Å². The number of alkyl halides is 2. The molecule has 0 saturated heterocycles. The number of carbonyl (C=O) groups is 1. The van der Waals surface area contributed by atoms with E-state index in [1.54, 1.807) is 0 Å². The number of ether oxygens (including phenoxy) is 2. The number of nitrogens with two attached hydrogens (primary N) is 1. The Morgan fingerprint density at radius 1 is 1.29 bits per heavy atom. The van der Waals surface area contributed by atoms with Gasteiger partial charge in [-0.3, -0.25) is 0 Å². The summed E-state index contributed by atoms with van der Waals surface area (Å²) in [6.45, 7) is 0. The number of hydrogen-bond donors (Lipinski definition) is 1. The van der Waals surface area contributed by atoms with E-state index in [0.717, 1.165) is 7.11 Å². The van der Waals surface area contributed by atoms with Crippen LogP contribution in [0.25, 0.3) is 11.4 Å². The first kappa shape index (κ1) is 17.8. The van der Waals surface area contributed by atoms with E-state index in [1.165, 1.54) is 19.2 Å². The third-order valence-electron chi connectivity index (χ3n) is 3.07. The molecule has 1 aromatic carbocycles. The first-order valence-electron chi connectivity index (χ1n) is 6.38. The molecule has 6 nitrogen and oxygen atoms in total. The van der Waals surface area contributed by atoms with E-state index in [2.05, 4.69) is 14.7 Å². The second-order valence-corrected chi connectivity index (χ2v) is 4.84. The first-order chi connectivity index (χ1) is 11.3. The topological polar surface area (TPSA) is 87.3 Å². The summed E-state index contributed by atoms with van der Waals surface area (Å²) >= 11 is 5.79. The van der Waals surface area contributed by atoms with E-state index < -0.39 is 35.3 Å². The summed E-state index contributed by atoms with van der Waals surface area (Å²) in [5, 5.41) is -0.0101. The fourth-order valence-electron chi connectivity index (χ4n) is 1.97. The largest absolute Gasteiger partial charge is 0.492 e. The number of halogens is 4. The van der Waals surface area contributed by atoms with Crippen LogP contribution >= 0.6 is 11.6 Å². The molecule has 0 aliphatic heterocycles. The summed E-state index contributed by atoms with van der Waals surface area (Å²) in [5.41, 5.74) is 3.63. The molecule has 0 radical (unpaired) electrons. The maximum Gasteiger partial charge on any atom is 0.357 e. The van der Waals surface area contributed by atoms with E-state index in [1.807, 2.05) is 0 Å². The predicted octanol–water partition coefficient (Wildman–Crippen LogP) is 3.25. The second-order valence-electron chi connectivity index (χ2n) is 4.43. The fraction of sp³-hybridized carbons (Fsp3) is 0.214. The van der Waals surface area contributed by atoms with Crippen molar-refractivity contribution >= 4 is 23.4 Å². The zero-order chi connectivity index (χ0) is 18.0. The minimum atomic E-state index is -3.11. The van der Waals surface area contributed by atoms with Gasteiger partial charge in [-0.2, -0.15) is 0 Å². The summed E-state index contributed by atoms with van der Waals surface area (Å²) in [5.74, 6) is -3.41. The standard InChI is InChI=1S/C14H11ClF3N3O3/c1-23-10-6(15)4-3-5(8(10)16)13-20-9(14(22)24-2)7(11(17)18)12(19)21-13/h3-4,11H,1-2H3,(H2,19,20,21). The van der Waals surface area contributed by atoms with Crippen molar-refractivity contribution in [3.63, 3.8) is 0 Å². The number of benzene rings is 1. The SMILES string of the molecule is COC(=O)c1nc(-c2ccc(Cl)c(OC)c2F)nc(N)c1C(F)F. The van der Waals surface area contributed by atoms with Crippen molar-refractivity contribution in [3.05, 3.63) is 34.2 Å². The van der Waals surface area contributed by atoms with Gasteiger partial charge in [-0.25, -0.2) is 27.9 Å². The lowest BCUT2D eigenvalue weighted by Crippen LogP contribution is -2.14. The first-order valence-corrected chi connectivity index (χ1v) is 6.75. The molecule has 0 unspecified atom stereocenters. The van der Waals surface area contributed by atoms with Crippen LogP contribution in [-0.4, -0.2) is 30.2 Å². The van der Waals surface area contributed by atoms with E-state index in [-0.39, 0.29) is 22.2 Å². The second kappa shape index (κ2) is 6.91. The number of hydrogen-bond acceptors (Lipinski definition) is 6. The van der Waals surface area contributed by atoms with Gasteiger partial charge in [-0.05, 0) is 12.1 Å². The average Bonchev–Trinajstić information content (AvgIpc) is 2.53. The molecule has 1 aromatic heterocycles. The molecule has 2 N–H and O–H groups in total. The number of carbonyl (C=O) groups excluding carboxylic acids is 1. The van der Waals surface area contributed by atoms with Crippen molar-refractivity contribution < 1.29 is 27.4 Å². The molecule has 0 fully saturated rings. The van der Waals surface area contributed by atoms with Crippen LogP contribution in [0.2, 0.25) is 5.02 Å². The molecule has 0 aliphatic carbocycles. The Morgan fingerprint density at radius 2 is 1.96 bits per heavy atom. The Labute approximate surface area is 139 Å². The summed E-state index contributed by atoms with van der Waals surface area (Å²) in [6.07, 6.45) is -3.11. The smallest absolute Gasteiger partial charge is 0.357 e. The Bertz CT molecular complexity index is 803. The molecule has 2 rings (SSSR count). The van der Waals surface area contributed by atoms with Gasteiger partial charge in [-0.1, -0.05) is 11.6 Å². The third kappa shape index (κ3) is 3.07. The Balaban J connectivity index is 2.74. The molecule has 0 spiro atoms. The van der Waals surface area contributed by atoms with Crippen LogP contribution in [-0.2, 0) is 4.74 Å². The number of rotatable bonds is 4. The number of esters is 1. The number of nitrogen functional groups attached to an aromatic ring is 1.